The molecular weight excluding hydrogens is 228 g/mol. The third-order valence-corrected chi connectivity index (χ3v) is 5.38. The molecule has 0 spiro atoms. The Hall–Kier alpha value is 0.310. The third kappa shape index (κ3) is 4.82. The molecule has 2 heteroatoms. The molecule has 1 saturated carbocycles. The lowest BCUT2D eigenvalue weighted by molar-refractivity contribution is -0.0160. The maximum absolute atomic E-state index is 10.3. The van der Waals surface area contributed by atoms with Crippen LogP contribution in [-0.4, -0.2) is 22.7 Å². The number of aliphatic hydroxyl groups excluding tert-OH is 1. The summed E-state index contributed by atoms with van der Waals surface area (Å²) in [6.07, 6.45) is 6.02. The Morgan fingerprint density at radius 1 is 1.29 bits per heavy atom. The van der Waals surface area contributed by atoms with Crippen molar-refractivity contribution in [1.29, 1.82) is 0 Å². The Bertz CT molecular complexity index is 215. The summed E-state index contributed by atoms with van der Waals surface area (Å²) in [5.41, 5.74) is 0.313. The van der Waals surface area contributed by atoms with Crippen molar-refractivity contribution < 1.29 is 5.11 Å². The summed E-state index contributed by atoms with van der Waals surface area (Å²) in [4.78, 5) is 0. The minimum atomic E-state index is -0.0624. The van der Waals surface area contributed by atoms with Crippen molar-refractivity contribution in [1.82, 2.24) is 0 Å². The van der Waals surface area contributed by atoms with Gasteiger partial charge in [0.05, 0.1) is 6.10 Å². The van der Waals surface area contributed by atoms with Crippen LogP contribution in [0, 0.1) is 17.3 Å². The van der Waals surface area contributed by atoms with E-state index in [2.05, 4.69) is 27.7 Å². The Morgan fingerprint density at radius 2 is 2.00 bits per heavy atom. The van der Waals surface area contributed by atoms with Gasteiger partial charge in [0, 0.05) is 0 Å². The molecule has 1 aliphatic carbocycles. The van der Waals surface area contributed by atoms with Gasteiger partial charge in [-0.15, -0.1) is 0 Å². The number of hydrogen-bond acceptors (Lipinski definition) is 2. The molecular formula is C15H30OS. The van der Waals surface area contributed by atoms with Gasteiger partial charge >= 0.3 is 0 Å². The SMILES string of the molecule is CCSCCCC(C)(C)C1CCC(C)CC1O. The lowest BCUT2D eigenvalue weighted by Gasteiger charge is -2.42. The average molecular weight is 258 g/mol. The quantitative estimate of drug-likeness (QED) is 0.715. The highest BCUT2D eigenvalue weighted by atomic mass is 32.2. The number of rotatable bonds is 6. The van der Waals surface area contributed by atoms with Gasteiger partial charge in [-0.2, -0.15) is 11.8 Å². The van der Waals surface area contributed by atoms with Gasteiger partial charge in [0.2, 0.25) is 0 Å². The van der Waals surface area contributed by atoms with E-state index in [0.717, 1.165) is 6.42 Å². The van der Waals surface area contributed by atoms with E-state index in [1.807, 2.05) is 11.8 Å². The highest BCUT2D eigenvalue weighted by Crippen LogP contribution is 2.43. The molecule has 0 aliphatic heterocycles. The first-order valence-electron chi connectivity index (χ1n) is 7.23. The molecule has 1 rings (SSSR count). The van der Waals surface area contributed by atoms with Crippen LogP contribution in [-0.2, 0) is 0 Å². The molecule has 102 valence electrons. The minimum Gasteiger partial charge on any atom is -0.393 e. The van der Waals surface area contributed by atoms with E-state index in [-0.39, 0.29) is 6.10 Å². The second-order valence-electron chi connectivity index (χ2n) is 6.38. The predicted octanol–water partition coefficient (Wildman–Crippen LogP) is 4.34. The molecule has 17 heavy (non-hydrogen) atoms. The standard InChI is InChI=1S/C15H30OS/c1-5-17-10-6-9-15(3,4)13-8-7-12(2)11-14(13)16/h12-14,16H,5-11H2,1-4H3. The van der Waals surface area contributed by atoms with Crippen molar-refractivity contribution in [3.8, 4) is 0 Å². The Kier molecular flexibility index (Phi) is 6.36. The zero-order valence-corrected chi connectivity index (χ0v) is 12.9. The van der Waals surface area contributed by atoms with E-state index < -0.39 is 0 Å². The van der Waals surface area contributed by atoms with Gasteiger partial charge in [-0.3, -0.25) is 0 Å². The molecule has 1 N–H and O–H groups in total. The van der Waals surface area contributed by atoms with Crippen molar-refractivity contribution in [3.63, 3.8) is 0 Å². The maximum Gasteiger partial charge on any atom is 0.0576 e. The fourth-order valence-electron chi connectivity index (χ4n) is 3.22. The van der Waals surface area contributed by atoms with Crippen LogP contribution in [0.1, 0.15) is 59.8 Å². The van der Waals surface area contributed by atoms with Gasteiger partial charge in [-0.25, -0.2) is 0 Å². The summed E-state index contributed by atoms with van der Waals surface area (Å²) in [5, 5.41) is 10.3. The van der Waals surface area contributed by atoms with E-state index in [1.54, 1.807) is 0 Å². The zero-order chi connectivity index (χ0) is 12.9. The molecule has 0 bridgehead atoms. The first-order chi connectivity index (χ1) is 7.97. The first kappa shape index (κ1) is 15.4. The van der Waals surface area contributed by atoms with Crippen molar-refractivity contribution in [2.45, 2.75) is 65.9 Å². The van der Waals surface area contributed by atoms with E-state index in [4.69, 9.17) is 0 Å². The van der Waals surface area contributed by atoms with Crippen LogP contribution in [0.4, 0.5) is 0 Å². The second-order valence-corrected chi connectivity index (χ2v) is 7.77. The summed E-state index contributed by atoms with van der Waals surface area (Å²) in [6.45, 7) is 9.20. The highest BCUT2D eigenvalue weighted by Gasteiger charge is 2.37. The number of hydrogen-bond donors (Lipinski definition) is 1. The van der Waals surface area contributed by atoms with E-state index in [9.17, 15) is 5.11 Å². The Morgan fingerprint density at radius 3 is 2.59 bits per heavy atom. The first-order valence-corrected chi connectivity index (χ1v) is 8.38. The lowest BCUT2D eigenvalue weighted by atomic mass is 9.66. The van der Waals surface area contributed by atoms with Gasteiger partial charge in [-0.1, -0.05) is 34.1 Å². The van der Waals surface area contributed by atoms with E-state index >= 15 is 0 Å². The van der Waals surface area contributed by atoms with Crippen LogP contribution in [0.5, 0.6) is 0 Å². The van der Waals surface area contributed by atoms with Crippen molar-refractivity contribution in [3.05, 3.63) is 0 Å². The average Bonchev–Trinajstić information content (AvgIpc) is 2.24. The smallest absolute Gasteiger partial charge is 0.0576 e. The summed E-state index contributed by atoms with van der Waals surface area (Å²) >= 11 is 2.03. The second kappa shape index (κ2) is 7.04. The lowest BCUT2D eigenvalue weighted by Crippen LogP contribution is -2.38. The van der Waals surface area contributed by atoms with Gasteiger partial charge in [-0.05, 0) is 54.4 Å². The molecule has 0 aromatic heterocycles. The van der Waals surface area contributed by atoms with Crippen molar-refractivity contribution >= 4 is 11.8 Å². The molecule has 0 radical (unpaired) electrons. The number of thioether (sulfide) groups is 1. The van der Waals surface area contributed by atoms with E-state index in [0.29, 0.717) is 17.3 Å². The van der Waals surface area contributed by atoms with Crippen LogP contribution in [0.25, 0.3) is 0 Å². The molecule has 0 aromatic rings. The summed E-state index contributed by atoms with van der Waals surface area (Å²) < 4.78 is 0. The fraction of sp³-hybridized carbons (Fsp3) is 1.00. The summed E-state index contributed by atoms with van der Waals surface area (Å²) in [5.74, 6) is 3.74. The van der Waals surface area contributed by atoms with Crippen molar-refractivity contribution in [2.24, 2.45) is 17.3 Å². The zero-order valence-electron chi connectivity index (χ0n) is 12.0. The van der Waals surface area contributed by atoms with E-state index in [1.165, 1.54) is 37.2 Å². The van der Waals surface area contributed by atoms with Crippen LogP contribution in [0.2, 0.25) is 0 Å². The monoisotopic (exact) mass is 258 g/mol. The van der Waals surface area contributed by atoms with Gasteiger partial charge < -0.3 is 5.11 Å². The van der Waals surface area contributed by atoms with Crippen LogP contribution >= 0.6 is 11.8 Å². The van der Waals surface area contributed by atoms with Crippen LogP contribution in [0.15, 0.2) is 0 Å². The van der Waals surface area contributed by atoms with Gasteiger partial charge in [0.25, 0.3) is 0 Å². The molecule has 1 nitrogen and oxygen atoms in total. The molecule has 3 atom stereocenters. The highest BCUT2D eigenvalue weighted by molar-refractivity contribution is 7.99. The molecule has 0 aromatic carbocycles. The molecule has 0 heterocycles. The summed E-state index contributed by atoms with van der Waals surface area (Å²) in [6, 6.07) is 0. The Labute approximate surface area is 112 Å². The molecule has 0 saturated heterocycles. The number of aliphatic hydroxyl groups is 1. The topological polar surface area (TPSA) is 20.2 Å². The predicted molar refractivity (Wildman–Crippen MR) is 78.5 cm³/mol. The largest absolute Gasteiger partial charge is 0.393 e. The van der Waals surface area contributed by atoms with Gasteiger partial charge in [0.15, 0.2) is 0 Å². The molecule has 1 fully saturated rings. The summed E-state index contributed by atoms with van der Waals surface area (Å²) in [7, 11) is 0. The van der Waals surface area contributed by atoms with Gasteiger partial charge in [0.1, 0.15) is 0 Å². The fourth-order valence-corrected chi connectivity index (χ4v) is 3.86. The molecule has 0 amide bonds. The van der Waals surface area contributed by atoms with Crippen LogP contribution in [0.3, 0.4) is 0 Å². The van der Waals surface area contributed by atoms with Crippen molar-refractivity contribution in [2.75, 3.05) is 11.5 Å². The third-order valence-electron chi connectivity index (χ3n) is 4.40. The minimum absolute atomic E-state index is 0.0624. The van der Waals surface area contributed by atoms with Crippen LogP contribution < -0.4 is 0 Å². The molecule has 1 aliphatic rings. The maximum atomic E-state index is 10.3. The Balaban J connectivity index is 2.40. The molecule has 3 unspecified atom stereocenters. The normalized spacial score (nSPS) is 30.5.